The molecule has 1 fully saturated rings. The van der Waals surface area contributed by atoms with Crippen molar-refractivity contribution in [2.24, 2.45) is 11.8 Å². The normalized spacial score (nSPS) is 24.7. The van der Waals surface area contributed by atoms with Crippen molar-refractivity contribution >= 4 is 11.8 Å². The molecule has 1 aliphatic heterocycles. The van der Waals surface area contributed by atoms with Gasteiger partial charge in [0.25, 0.3) is 0 Å². The highest BCUT2D eigenvalue weighted by molar-refractivity contribution is 6.04. The highest BCUT2D eigenvalue weighted by Crippen LogP contribution is 2.34. The molecular weight excluding hydrogens is 280 g/mol. The largest absolute Gasteiger partial charge is 0.389 e. The molecule has 1 rings (SSSR count). The topological polar surface area (TPSA) is 46.2 Å². The molecule has 0 radical (unpaired) electrons. The summed E-state index contributed by atoms with van der Waals surface area (Å²) in [7, 11) is 0. The van der Waals surface area contributed by atoms with Gasteiger partial charge in [-0.25, -0.2) is 0 Å². The molecule has 2 atom stereocenters. The number of rotatable bonds is 4. The molecule has 3 nitrogen and oxygen atoms in total. The maximum atomic E-state index is 12.0. The van der Waals surface area contributed by atoms with Gasteiger partial charge in [0.1, 0.15) is 0 Å². The number of hydrogen-bond donors (Lipinski definition) is 1. The van der Waals surface area contributed by atoms with Crippen LogP contribution in [0.1, 0.15) is 25.7 Å². The number of nitrogens with one attached hydrogen (secondary N) is 1. The molecule has 0 spiro atoms. The summed E-state index contributed by atoms with van der Waals surface area (Å²) in [6.45, 7) is 0. The second kappa shape index (κ2) is 5.38. The summed E-state index contributed by atoms with van der Waals surface area (Å²) >= 11 is 0. The summed E-state index contributed by atoms with van der Waals surface area (Å²) < 4.78 is 72.2. The number of halogens is 6. The minimum absolute atomic E-state index is 0.677. The first-order valence-electron chi connectivity index (χ1n) is 5.48. The van der Waals surface area contributed by atoms with Crippen molar-refractivity contribution in [3.05, 3.63) is 0 Å². The third kappa shape index (κ3) is 5.07. The van der Waals surface area contributed by atoms with Gasteiger partial charge in [-0.3, -0.25) is 14.9 Å². The van der Waals surface area contributed by atoms with E-state index in [-0.39, 0.29) is 0 Å². The lowest BCUT2D eigenvalue weighted by Crippen LogP contribution is -2.22. The molecule has 0 aliphatic carbocycles. The van der Waals surface area contributed by atoms with Gasteiger partial charge in [0.15, 0.2) is 0 Å². The van der Waals surface area contributed by atoms with Gasteiger partial charge in [0.2, 0.25) is 11.8 Å². The van der Waals surface area contributed by atoms with Crippen LogP contribution in [0.5, 0.6) is 0 Å². The summed E-state index contributed by atoms with van der Waals surface area (Å²) in [6.07, 6.45) is -13.0. The van der Waals surface area contributed by atoms with Crippen molar-refractivity contribution in [2.75, 3.05) is 0 Å². The molecule has 0 saturated carbocycles. The Kier molecular flexibility index (Phi) is 4.46. The van der Waals surface area contributed by atoms with Crippen molar-refractivity contribution in [2.45, 2.75) is 38.0 Å². The average Bonchev–Trinajstić information content (AvgIpc) is 2.45. The van der Waals surface area contributed by atoms with Gasteiger partial charge in [0.05, 0.1) is 11.8 Å². The Bertz CT molecular complexity index is 328. The van der Waals surface area contributed by atoms with Crippen LogP contribution in [0, 0.1) is 11.8 Å². The molecule has 1 aliphatic rings. The van der Waals surface area contributed by atoms with Gasteiger partial charge >= 0.3 is 12.4 Å². The van der Waals surface area contributed by atoms with Gasteiger partial charge in [-0.2, -0.15) is 26.3 Å². The minimum Gasteiger partial charge on any atom is -0.296 e. The quantitative estimate of drug-likeness (QED) is 0.639. The first-order valence-corrected chi connectivity index (χ1v) is 5.48. The predicted molar refractivity (Wildman–Crippen MR) is 50.7 cm³/mol. The lowest BCUT2D eigenvalue weighted by molar-refractivity contribution is -0.147. The van der Waals surface area contributed by atoms with E-state index >= 15 is 0 Å². The van der Waals surface area contributed by atoms with E-state index in [1.165, 1.54) is 0 Å². The first-order chi connectivity index (χ1) is 8.49. The van der Waals surface area contributed by atoms with Gasteiger partial charge in [-0.1, -0.05) is 0 Å². The molecule has 9 heteroatoms. The summed E-state index contributed by atoms with van der Waals surface area (Å²) in [5.74, 6) is -4.53. The lowest BCUT2D eigenvalue weighted by atomic mass is 9.87. The number of amides is 2. The van der Waals surface area contributed by atoms with E-state index in [1.807, 2.05) is 0 Å². The average molecular weight is 291 g/mol. The van der Waals surface area contributed by atoms with E-state index < -0.39 is 61.7 Å². The Morgan fingerprint density at radius 1 is 0.789 bits per heavy atom. The molecule has 110 valence electrons. The first kappa shape index (κ1) is 15.8. The van der Waals surface area contributed by atoms with E-state index in [0.717, 1.165) is 0 Å². The Morgan fingerprint density at radius 3 is 1.37 bits per heavy atom. The fraction of sp³-hybridized carbons (Fsp3) is 0.800. The fourth-order valence-electron chi connectivity index (χ4n) is 1.98. The van der Waals surface area contributed by atoms with Crippen LogP contribution in [0.2, 0.25) is 0 Å². The van der Waals surface area contributed by atoms with Crippen LogP contribution in [-0.2, 0) is 9.59 Å². The summed E-state index contributed by atoms with van der Waals surface area (Å²) in [5.41, 5.74) is 0. The molecule has 1 saturated heterocycles. The molecule has 0 aromatic rings. The summed E-state index contributed by atoms with van der Waals surface area (Å²) in [4.78, 5) is 22.5. The monoisotopic (exact) mass is 291 g/mol. The molecule has 0 bridgehead atoms. The third-order valence-corrected chi connectivity index (χ3v) is 2.88. The highest BCUT2D eigenvalue weighted by Gasteiger charge is 2.44. The fourth-order valence-corrected chi connectivity index (χ4v) is 1.98. The maximum absolute atomic E-state index is 12.0. The van der Waals surface area contributed by atoms with Crippen LogP contribution in [0.15, 0.2) is 0 Å². The smallest absolute Gasteiger partial charge is 0.296 e. The van der Waals surface area contributed by atoms with Crippen LogP contribution in [0.3, 0.4) is 0 Å². The number of carbonyl (C=O) groups is 2. The van der Waals surface area contributed by atoms with E-state index in [2.05, 4.69) is 0 Å². The van der Waals surface area contributed by atoms with Gasteiger partial charge in [0, 0.05) is 12.8 Å². The molecule has 1 N–H and O–H groups in total. The lowest BCUT2D eigenvalue weighted by Gasteiger charge is -2.16. The van der Waals surface area contributed by atoms with E-state index in [4.69, 9.17) is 0 Å². The van der Waals surface area contributed by atoms with E-state index in [1.54, 1.807) is 5.32 Å². The van der Waals surface area contributed by atoms with E-state index in [0.29, 0.717) is 0 Å². The number of hydrogen-bond acceptors (Lipinski definition) is 2. The van der Waals surface area contributed by atoms with Crippen LogP contribution in [0.25, 0.3) is 0 Å². The van der Waals surface area contributed by atoms with Crippen molar-refractivity contribution in [3.63, 3.8) is 0 Å². The molecule has 19 heavy (non-hydrogen) atoms. The van der Waals surface area contributed by atoms with Gasteiger partial charge in [-0.05, 0) is 12.8 Å². The zero-order valence-electron chi connectivity index (χ0n) is 9.57. The predicted octanol–water partition coefficient (Wildman–Crippen LogP) is 2.56. The van der Waals surface area contributed by atoms with Gasteiger partial charge in [-0.15, -0.1) is 0 Å². The van der Waals surface area contributed by atoms with Crippen LogP contribution >= 0.6 is 0 Å². The van der Waals surface area contributed by atoms with Crippen LogP contribution < -0.4 is 5.32 Å². The SMILES string of the molecule is O=C1NC(=O)C(CCC(F)(F)F)C1CCC(F)(F)F. The van der Waals surface area contributed by atoms with Crippen molar-refractivity contribution in [3.8, 4) is 0 Å². The molecule has 2 unspecified atom stereocenters. The summed E-state index contributed by atoms with van der Waals surface area (Å²) in [6, 6.07) is 0. The Labute approximate surface area is 104 Å². The second-order valence-electron chi connectivity index (χ2n) is 4.37. The second-order valence-corrected chi connectivity index (χ2v) is 4.37. The summed E-state index contributed by atoms with van der Waals surface area (Å²) in [5, 5.41) is 1.78. The van der Waals surface area contributed by atoms with Gasteiger partial charge < -0.3 is 0 Å². The number of carbonyl (C=O) groups excluding carboxylic acids is 2. The highest BCUT2D eigenvalue weighted by atomic mass is 19.4. The molecule has 0 aromatic carbocycles. The molecule has 2 amide bonds. The van der Waals surface area contributed by atoms with Crippen molar-refractivity contribution < 1.29 is 35.9 Å². The van der Waals surface area contributed by atoms with Crippen LogP contribution in [-0.4, -0.2) is 24.2 Å². The zero-order valence-corrected chi connectivity index (χ0v) is 9.57. The number of alkyl halides is 6. The minimum atomic E-state index is -4.51. The van der Waals surface area contributed by atoms with Crippen LogP contribution in [0.4, 0.5) is 26.3 Å². The third-order valence-electron chi connectivity index (χ3n) is 2.88. The van der Waals surface area contributed by atoms with E-state index in [9.17, 15) is 35.9 Å². The van der Waals surface area contributed by atoms with Crippen molar-refractivity contribution in [1.29, 1.82) is 0 Å². The maximum Gasteiger partial charge on any atom is 0.389 e. The molecule has 1 heterocycles. The van der Waals surface area contributed by atoms with Crippen molar-refractivity contribution in [1.82, 2.24) is 5.32 Å². The number of imide groups is 1. The zero-order chi connectivity index (χ0) is 14.8. The Balaban J connectivity index is 2.64. The molecular formula is C10H11F6NO2. The molecule has 0 aromatic heterocycles. The Morgan fingerprint density at radius 2 is 1.11 bits per heavy atom. The Hall–Kier alpha value is -1.28. The standard InChI is InChI=1S/C10H11F6NO2/c11-9(12,13)3-1-5-6(2-4-10(14,15)16)8(19)17-7(5)18/h5-6H,1-4H2,(H,17,18,19).